The molecule has 0 heterocycles. The molecular weight excluding hydrogens is 262 g/mol. The number of nitrogens with zero attached hydrogens (tertiary/aromatic N) is 1. The van der Waals surface area contributed by atoms with Crippen molar-refractivity contribution in [2.75, 3.05) is 0 Å². The number of carboxylic acids is 1. The molecule has 0 spiro atoms. The zero-order valence-electron chi connectivity index (χ0n) is 10.5. The van der Waals surface area contributed by atoms with Crippen molar-refractivity contribution in [3.05, 3.63) is 35.4 Å². The fraction of sp³-hybridized carbons (Fsp3) is 0.231. The highest BCUT2D eigenvalue weighted by Crippen LogP contribution is 2.05. The highest BCUT2D eigenvalue weighted by molar-refractivity contribution is 5.97. The zero-order chi connectivity index (χ0) is 15.1. The summed E-state index contributed by atoms with van der Waals surface area (Å²) in [6, 6.07) is 6.66. The fourth-order valence-electron chi connectivity index (χ4n) is 1.49. The largest absolute Gasteiger partial charge is 0.481 e. The summed E-state index contributed by atoms with van der Waals surface area (Å²) in [5.74, 6) is -2.43. The number of carboxylic acid groups (broad SMARTS) is 1. The van der Waals surface area contributed by atoms with Crippen LogP contribution in [0.1, 0.15) is 28.8 Å². The van der Waals surface area contributed by atoms with Crippen LogP contribution >= 0.6 is 0 Å². The molecule has 20 heavy (non-hydrogen) atoms. The molecule has 0 unspecified atom stereocenters. The third kappa shape index (κ3) is 4.42. The van der Waals surface area contributed by atoms with E-state index in [0.717, 1.165) is 0 Å². The molecule has 0 aliphatic rings. The van der Waals surface area contributed by atoms with Gasteiger partial charge in [0.05, 0.1) is 11.6 Å². The van der Waals surface area contributed by atoms with Crippen LogP contribution in [0, 0.1) is 11.3 Å². The van der Waals surface area contributed by atoms with E-state index in [1.165, 1.54) is 24.3 Å². The Morgan fingerprint density at radius 2 is 1.90 bits per heavy atom. The summed E-state index contributed by atoms with van der Waals surface area (Å²) >= 11 is 0. The van der Waals surface area contributed by atoms with Gasteiger partial charge in [-0.05, 0) is 30.7 Å². The summed E-state index contributed by atoms with van der Waals surface area (Å²) < 4.78 is 0. The Labute approximate surface area is 115 Å². The summed E-state index contributed by atoms with van der Waals surface area (Å²) in [6.45, 7) is 0. The van der Waals surface area contributed by atoms with Crippen molar-refractivity contribution in [1.29, 1.82) is 5.26 Å². The Morgan fingerprint density at radius 3 is 2.35 bits per heavy atom. The first-order valence-electron chi connectivity index (χ1n) is 5.76. The number of aliphatic carboxylic acids is 1. The van der Waals surface area contributed by atoms with Gasteiger partial charge in [0.15, 0.2) is 0 Å². The number of primary amides is 1. The molecule has 1 aromatic rings. The van der Waals surface area contributed by atoms with E-state index in [1.807, 2.05) is 6.07 Å². The summed E-state index contributed by atoms with van der Waals surface area (Å²) in [5.41, 5.74) is 5.76. The highest BCUT2D eigenvalue weighted by atomic mass is 16.4. The molecule has 0 aromatic heterocycles. The second kappa shape index (κ2) is 6.89. The van der Waals surface area contributed by atoms with Crippen LogP contribution in [0.15, 0.2) is 24.3 Å². The Morgan fingerprint density at radius 1 is 1.30 bits per heavy atom. The van der Waals surface area contributed by atoms with Crippen molar-refractivity contribution in [1.82, 2.24) is 5.32 Å². The normalized spacial score (nSPS) is 11.2. The number of carbonyl (C=O) groups excluding carboxylic acids is 2. The van der Waals surface area contributed by atoms with E-state index in [2.05, 4.69) is 5.32 Å². The number of benzene rings is 1. The zero-order valence-corrected chi connectivity index (χ0v) is 10.5. The van der Waals surface area contributed by atoms with E-state index in [-0.39, 0.29) is 18.4 Å². The van der Waals surface area contributed by atoms with Crippen molar-refractivity contribution in [3.63, 3.8) is 0 Å². The first-order valence-corrected chi connectivity index (χ1v) is 5.76. The van der Waals surface area contributed by atoms with Gasteiger partial charge in [-0.1, -0.05) is 0 Å². The minimum Gasteiger partial charge on any atom is -0.481 e. The number of nitrogens with one attached hydrogen (secondary N) is 1. The highest BCUT2D eigenvalue weighted by Gasteiger charge is 2.19. The van der Waals surface area contributed by atoms with Gasteiger partial charge in [0.1, 0.15) is 6.04 Å². The molecule has 4 N–H and O–H groups in total. The molecule has 7 nitrogen and oxygen atoms in total. The fourth-order valence-corrected chi connectivity index (χ4v) is 1.49. The average Bonchev–Trinajstić information content (AvgIpc) is 2.42. The Kier molecular flexibility index (Phi) is 5.23. The SMILES string of the molecule is N#Cc1ccc(C(=O)N[C@H](CCC(=O)O)C(N)=O)cc1. The summed E-state index contributed by atoms with van der Waals surface area (Å²) in [6.07, 6.45) is -0.353. The Hall–Kier alpha value is -2.88. The molecule has 1 atom stereocenters. The van der Waals surface area contributed by atoms with E-state index in [4.69, 9.17) is 16.1 Å². The van der Waals surface area contributed by atoms with Crippen molar-refractivity contribution >= 4 is 17.8 Å². The lowest BCUT2D eigenvalue weighted by Crippen LogP contribution is -2.44. The van der Waals surface area contributed by atoms with Crippen LogP contribution < -0.4 is 11.1 Å². The van der Waals surface area contributed by atoms with Crippen LogP contribution in [0.2, 0.25) is 0 Å². The topological polar surface area (TPSA) is 133 Å². The van der Waals surface area contributed by atoms with Crippen LogP contribution in [-0.2, 0) is 9.59 Å². The van der Waals surface area contributed by atoms with Crippen molar-refractivity contribution < 1.29 is 19.5 Å². The molecule has 7 heteroatoms. The lowest BCUT2D eigenvalue weighted by molar-refractivity contribution is -0.137. The molecule has 0 fully saturated rings. The molecule has 2 amide bonds. The van der Waals surface area contributed by atoms with E-state index >= 15 is 0 Å². The van der Waals surface area contributed by atoms with E-state index in [0.29, 0.717) is 5.56 Å². The number of rotatable bonds is 6. The molecule has 0 aliphatic carbocycles. The van der Waals surface area contributed by atoms with Crippen LogP contribution in [0.25, 0.3) is 0 Å². The Balaban J connectivity index is 2.72. The van der Waals surface area contributed by atoms with Crippen LogP contribution in [0.4, 0.5) is 0 Å². The van der Waals surface area contributed by atoms with E-state index in [9.17, 15) is 14.4 Å². The minimum absolute atomic E-state index is 0.0767. The first kappa shape index (κ1) is 15.2. The number of amides is 2. The number of hydrogen-bond acceptors (Lipinski definition) is 4. The molecular formula is C13H13N3O4. The van der Waals surface area contributed by atoms with Gasteiger partial charge in [-0.15, -0.1) is 0 Å². The maximum absolute atomic E-state index is 11.9. The van der Waals surface area contributed by atoms with Crippen LogP contribution in [0.5, 0.6) is 0 Å². The number of nitriles is 1. The van der Waals surface area contributed by atoms with E-state index < -0.39 is 23.8 Å². The van der Waals surface area contributed by atoms with Crippen LogP contribution in [-0.4, -0.2) is 28.9 Å². The van der Waals surface area contributed by atoms with Gasteiger partial charge in [0.25, 0.3) is 5.91 Å². The van der Waals surface area contributed by atoms with Gasteiger partial charge < -0.3 is 16.2 Å². The molecule has 0 bridgehead atoms. The molecule has 1 rings (SSSR count). The predicted molar refractivity (Wildman–Crippen MR) is 68.5 cm³/mol. The monoisotopic (exact) mass is 275 g/mol. The lowest BCUT2D eigenvalue weighted by atomic mass is 10.1. The molecule has 0 radical (unpaired) electrons. The van der Waals surface area contributed by atoms with Gasteiger partial charge in [-0.3, -0.25) is 14.4 Å². The number of hydrogen-bond donors (Lipinski definition) is 3. The van der Waals surface area contributed by atoms with Gasteiger partial charge in [0, 0.05) is 12.0 Å². The number of nitrogens with two attached hydrogens (primary N) is 1. The Bertz CT molecular complexity index is 560. The minimum atomic E-state index is -1.08. The first-order chi connectivity index (χ1) is 9.43. The summed E-state index contributed by atoms with van der Waals surface area (Å²) in [4.78, 5) is 33.5. The average molecular weight is 275 g/mol. The maximum atomic E-state index is 11.9. The predicted octanol–water partition coefficient (Wildman–Crippen LogP) is 0.00678. The van der Waals surface area contributed by atoms with Gasteiger partial charge in [-0.2, -0.15) is 5.26 Å². The quantitative estimate of drug-likeness (QED) is 0.672. The lowest BCUT2D eigenvalue weighted by Gasteiger charge is -2.14. The van der Waals surface area contributed by atoms with Crippen molar-refractivity contribution in [2.24, 2.45) is 5.73 Å². The van der Waals surface area contributed by atoms with Crippen molar-refractivity contribution in [3.8, 4) is 6.07 Å². The molecule has 0 aliphatic heterocycles. The molecule has 1 aromatic carbocycles. The molecule has 0 saturated heterocycles. The third-order valence-corrected chi connectivity index (χ3v) is 2.57. The molecule has 104 valence electrons. The smallest absolute Gasteiger partial charge is 0.303 e. The maximum Gasteiger partial charge on any atom is 0.303 e. The number of carbonyl (C=O) groups is 3. The summed E-state index contributed by atoms with van der Waals surface area (Å²) in [5, 5.41) is 19.6. The third-order valence-electron chi connectivity index (χ3n) is 2.57. The van der Waals surface area contributed by atoms with Crippen LogP contribution in [0.3, 0.4) is 0 Å². The van der Waals surface area contributed by atoms with Gasteiger partial charge in [0.2, 0.25) is 5.91 Å². The summed E-state index contributed by atoms with van der Waals surface area (Å²) in [7, 11) is 0. The van der Waals surface area contributed by atoms with Gasteiger partial charge >= 0.3 is 5.97 Å². The van der Waals surface area contributed by atoms with Crippen molar-refractivity contribution in [2.45, 2.75) is 18.9 Å². The van der Waals surface area contributed by atoms with Gasteiger partial charge in [-0.25, -0.2) is 0 Å². The molecule has 0 saturated carbocycles. The van der Waals surface area contributed by atoms with E-state index in [1.54, 1.807) is 0 Å². The second-order valence-corrected chi connectivity index (χ2v) is 4.05. The standard InChI is InChI=1S/C13H13N3O4/c14-7-8-1-3-9(4-2-8)13(20)16-10(12(15)19)5-6-11(17)18/h1-4,10H,5-6H2,(H2,15,19)(H,16,20)(H,17,18)/t10-/m1/s1. The second-order valence-electron chi connectivity index (χ2n) is 4.05.